The number of halogens is 1. The maximum absolute atomic E-state index is 13.5. The van der Waals surface area contributed by atoms with E-state index in [0.717, 1.165) is 43.2 Å². The zero-order valence-electron chi connectivity index (χ0n) is 20.0. The van der Waals surface area contributed by atoms with Gasteiger partial charge in [-0.3, -0.25) is 4.90 Å². The van der Waals surface area contributed by atoms with Crippen molar-refractivity contribution in [3.8, 4) is 11.1 Å². The van der Waals surface area contributed by atoms with Crippen LogP contribution in [0.15, 0.2) is 78.4 Å². The van der Waals surface area contributed by atoms with Crippen LogP contribution in [0.2, 0.25) is 0 Å². The Hall–Kier alpha value is -3.40. The smallest absolute Gasteiger partial charge is 0.410 e. The third kappa shape index (κ3) is 4.05. The van der Waals surface area contributed by atoms with Gasteiger partial charge in [-0.1, -0.05) is 66.2 Å². The molecule has 2 atom stereocenters. The van der Waals surface area contributed by atoms with Crippen LogP contribution in [0.4, 0.5) is 9.18 Å². The SMILES string of the molecule is Cc1cc(F)ccc1CC1=CC2CCCC(C1)N2C(=O)OCC1c2ccccc2-c2ccccc21. The van der Waals surface area contributed by atoms with Gasteiger partial charge < -0.3 is 4.74 Å². The van der Waals surface area contributed by atoms with Crippen LogP contribution in [0.3, 0.4) is 0 Å². The van der Waals surface area contributed by atoms with Gasteiger partial charge in [-0.05, 0) is 84.5 Å². The van der Waals surface area contributed by atoms with Gasteiger partial charge in [-0.25, -0.2) is 9.18 Å². The van der Waals surface area contributed by atoms with Gasteiger partial charge in [0.15, 0.2) is 0 Å². The Bertz CT molecular complexity index is 1270. The number of benzene rings is 3. The number of amides is 1. The van der Waals surface area contributed by atoms with Crippen molar-refractivity contribution in [2.75, 3.05) is 6.61 Å². The van der Waals surface area contributed by atoms with Gasteiger partial charge >= 0.3 is 6.09 Å². The molecule has 3 aromatic rings. The summed E-state index contributed by atoms with van der Waals surface area (Å²) in [6.45, 7) is 2.32. The number of aryl methyl sites for hydroxylation is 1. The Balaban J connectivity index is 1.18. The second kappa shape index (κ2) is 8.99. The molecule has 2 unspecified atom stereocenters. The quantitative estimate of drug-likeness (QED) is 0.380. The van der Waals surface area contributed by atoms with Crippen molar-refractivity contribution in [3.63, 3.8) is 0 Å². The average Bonchev–Trinajstić information content (AvgIpc) is 3.17. The van der Waals surface area contributed by atoms with E-state index in [1.807, 2.05) is 17.9 Å². The molecule has 0 radical (unpaired) electrons. The molecule has 178 valence electrons. The molecule has 3 aromatic carbocycles. The summed E-state index contributed by atoms with van der Waals surface area (Å²) >= 11 is 0. The lowest BCUT2D eigenvalue weighted by Crippen LogP contribution is -2.52. The fourth-order valence-electron chi connectivity index (χ4n) is 6.30. The van der Waals surface area contributed by atoms with Crippen molar-refractivity contribution in [1.29, 1.82) is 0 Å². The third-order valence-corrected chi connectivity index (χ3v) is 7.98. The summed E-state index contributed by atoms with van der Waals surface area (Å²) in [7, 11) is 0. The van der Waals surface area contributed by atoms with Crippen LogP contribution in [0.5, 0.6) is 0 Å². The van der Waals surface area contributed by atoms with Gasteiger partial charge in [0.1, 0.15) is 12.4 Å². The first kappa shape index (κ1) is 22.1. The Morgan fingerprint density at radius 3 is 2.40 bits per heavy atom. The van der Waals surface area contributed by atoms with E-state index in [0.29, 0.717) is 6.61 Å². The van der Waals surface area contributed by atoms with E-state index in [9.17, 15) is 9.18 Å². The highest BCUT2D eigenvalue weighted by atomic mass is 19.1. The van der Waals surface area contributed by atoms with Gasteiger partial charge in [-0.2, -0.15) is 0 Å². The van der Waals surface area contributed by atoms with Crippen molar-refractivity contribution in [1.82, 2.24) is 4.90 Å². The van der Waals surface area contributed by atoms with Crippen LogP contribution in [-0.4, -0.2) is 29.7 Å². The zero-order valence-corrected chi connectivity index (χ0v) is 20.0. The molecule has 4 heteroatoms. The summed E-state index contributed by atoms with van der Waals surface area (Å²) in [5, 5.41) is 0. The van der Waals surface area contributed by atoms with Crippen molar-refractivity contribution in [2.45, 2.75) is 57.0 Å². The van der Waals surface area contributed by atoms with Crippen LogP contribution in [0.25, 0.3) is 11.1 Å². The van der Waals surface area contributed by atoms with Gasteiger partial charge in [0.05, 0.1) is 6.04 Å². The first-order valence-electron chi connectivity index (χ1n) is 12.7. The minimum Gasteiger partial charge on any atom is -0.448 e. The molecule has 0 N–H and O–H groups in total. The highest BCUT2D eigenvalue weighted by molar-refractivity contribution is 5.79. The normalized spacial score (nSPS) is 20.7. The number of nitrogens with zero attached hydrogens (tertiary/aromatic N) is 1. The lowest BCUT2D eigenvalue weighted by Gasteiger charge is -2.44. The molecular weight excluding hydrogens is 437 g/mol. The molecule has 0 spiro atoms. The molecule has 6 rings (SSSR count). The zero-order chi connectivity index (χ0) is 23.9. The second-order valence-electron chi connectivity index (χ2n) is 10.1. The van der Waals surface area contributed by atoms with Crippen LogP contribution in [0, 0.1) is 12.7 Å². The van der Waals surface area contributed by atoms with Crippen molar-refractivity contribution < 1.29 is 13.9 Å². The summed E-state index contributed by atoms with van der Waals surface area (Å²) in [5.41, 5.74) is 8.43. The van der Waals surface area contributed by atoms with E-state index in [1.165, 1.54) is 33.9 Å². The first-order chi connectivity index (χ1) is 17.1. The molecule has 3 aliphatic rings. The molecule has 0 aromatic heterocycles. The van der Waals surface area contributed by atoms with E-state index >= 15 is 0 Å². The summed E-state index contributed by atoms with van der Waals surface area (Å²) in [6.07, 6.45) is 6.83. The molecule has 1 saturated heterocycles. The predicted molar refractivity (Wildman–Crippen MR) is 136 cm³/mol. The lowest BCUT2D eigenvalue weighted by molar-refractivity contribution is 0.0509. The van der Waals surface area contributed by atoms with Gasteiger partial charge in [0, 0.05) is 12.0 Å². The predicted octanol–water partition coefficient (Wildman–Crippen LogP) is 7.18. The van der Waals surface area contributed by atoms with Crippen LogP contribution in [0.1, 0.15) is 53.9 Å². The van der Waals surface area contributed by atoms with E-state index < -0.39 is 0 Å². The Morgan fingerprint density at radius 1 is 1.00 bits per heavy atom. The van der Waals surface area contributed by atoms with Gasteiger partial charge in [-0.15, -0.1) is 0 Å². The number of carbonyl (C=O) groups excluding carboxylic acids is 1. The highest BCUT2D eigenvalue weighted by Crippen LogP contribution is 2.45. The molecule has 2 bridgehead atoms. The standard InChI is InChI=1S/C31H30FNO2/c1-20-15-23(32)14-13-22(20)16-21-17-24-7-6-8-25(18-21)33(24)31(34)35-19-30-28-11-4-2-9-26(28)27-10-3-5-12-29(27)30/h2-5,9-15,17,24-25,30H,6-8,16,18-19H2,1H3. The minimum absolute atomic E-state index is 0.0727. The Kier molecular flexibility index (Phi) is 5.68. The molecule has 2 aliphatic heterocycles. The van der Waals surface area contributed by atoms with Crippen molar-refractivity contribution >= 4 is 6.09 Å². The fourth-order valence-corrected chi connectivity index (χ4v) is 6.30. The van der Waals surface area contributed by atoms with Crippen LogP contribution in [-0.2, 0) is 11.2 Å². The summed E-state index contributed by atoms with van der Waals surface area (Å²) in [5.74, 6) is -0.120. The molecule has 2 heterocycles. The molecular formula is C31H30FNO2. The Morgan fingerprint density at radius 2 is 1.71 bits per heavy atom. The van der Waals surface area contributed by atoms with Gasteiger partial charge in [0.25, 0.3) is 0 Å². The first-order valence-corrected chi connectivity index (χ1v) is 12.7. The topological polar surface area (TPSA) is 29.5 Å². The highest BCUT2D eigenvalue weighted by Gasteiger charge is 2.39. The lowest BCUT2D eigenvalue weighted by atomic mass is 9.83. The number of fused-ring (bicyclic) bond motifs is 5. The van der Waals surface area contributed by atoms with Crippen molar-refractivity contribution in [3.05, 3.63) is 106 Å². The fraction of sp³-hybridized carbons (Fsp3) is 0.323. The molecule has 3 nitrogen and oxygen atoms in total. The summed E-state index contributed by atoms with van der Waals surface area (Å²) in [4.78, 5) is 15.4. The maximum atomic E-state index is 13.5. The second-order valence-corrected chi connectivity index (χ2v) is 10.1. The van der Waals surface area contributed by atoms with Crippen LogP contribution < -0.4 is 0 Å². The minimum atomic E-state index is -0.199. The van der Waals surface area contributed by atoms with E-state index in [-0.39, 0.29) is 29.9 Å². The number of carbonyl (C=O) groups is 1. The molecule has 35 heavy (non-hydrogen) atoms. The van der Waals surface area contributed by atoms with E-state index in [1.54, 1.807) is 6.07 Å². The Labute approximate surface area is 206 Å². The summed E-state index contributed by atoms with van der Waals surface area (Å²) in [6, 6.07) is 22.1. The number of rotatable bonds is 4. The van der Waals surface area contributed by atoms with Gasteiger partial charge in [0.2, 0.25) is 0 Å². The van der Waals surface area contributed by atoms with E-state index in [4.69, 9.17) is 4.74 Å². The molecule has 0 saturated carbocycles. The number of piperidine rings is 1. The molecule has 1 fully saturated rings. The number of hydrogen-bond donors (Lipinski definition) is 0. The van der Waals surface area contributed by atoms with Crippen molar-refractivity contribution in [2.24, 2.45) is 0 Å². The van der Waals surface area contributed by atoms with Crippen LogP contribution >= 0.6 is 0 Å². The number of hydrogen-bond acceptors (Lipinski definition) is 2. The average molecular weight is 468 g/mol. The summed E-state index contributed by atoms with van der Waals surface area (Å²) < 4.78 is 19.5. The molecule has 1 aliphatic carbocycles. The maximum Gasteiger partial charge on any atom is 0.410 e. The van der Waals surface area contributed by atoms with E-state index in [2.05, 4.69) is 54.6 Å². The molecule has 1 amide bonds. The number of ether oxygens (including phenoxy) is 1. The third-order valence-electron chi connectivity index (χ3n) is 7.98. The monoisotopic (exact) mass is 467 g/mol. The largest absolute Gasteiger partial charge is 0.448 e.